The van der Waals surface area contributed by atoms with E-state index in [1.807, 2.05) is 6.26 Å². The number of carbonyl (C=O) groups is 2. The summed E-state index contributed by atoms with van der Waals surface area (Å²) in [7, 11) is 0. The summed E-state index contributed by atoms with van der Waals surface area (Å²) in [6.45, 7) is 0. The van der Waals surface area contributed by atoms with Gasteiger partial charge in [0.1, 0.15) is 6.04 Å². The third-order valence-electron chi connectivity index (χ3n) is 3.65. The van der Waals surface area contributed by atoms with E-state index >= 15 is 0 Å². The summed E-state index contributed by atoms with van der Waals surface area (Å²) in [5.74, 6) is -0.243. The van der Waals surface area contributed by atoms with E-state index in [0.29, 0.717) is 6.42 Å². The van der Waals surface area contributed by atoms with Crippen molar-refractivity contribution in [1.29, 1.82) is 0 Å². The molecule has 3 N–H and O–H groups in total. The molecule has 0 aliphatic heterocycles. The minimum absolute atomic E-state index is 0.185. The molecule has 1 atom stereocenters. The van der Waals surface area contributed by atoms with Crippen LogP contribution in [0.1, 0.15) is 51.4 Å². The number of urea groups is 1. The van der Waals surface area contributed by atoms with Gasteiger partial charge in [-0.2, -0.15) is 11.8 Å². The van der Waals surface area contributed by atoms with Crippen LogP contribution in [0.15, 0.2) is 0 Å². The first-order chi connectivity index (χ1) is 9.63. The van der Waals surface area contributed by atoms with E-state index in [-0.39, 0.29) is 12.1 Å². The first-order valence-corrected chi connectivity index (χ1v) is 8.81. The normalized spacial score (nSPS) is 18.6. The highest BCUT2D eigenvalue weighted by Gasteiger charge is 2.21. The second-order valence-corrected chi connectivity index (χ2v) is 6.32. The molecule has 1 rings (SSSR count). The minimum Gasteiger partial charge on any atom is -0.480 e. The van der Waals surface area contributed by atoms with E-state index < -0.39 is 12.0 Å². The monoisotopic (exact) mass is 302 g/mol. The summed E-state index contributed by atoms with van der Waals surface area (Å²) < 4.78 is 0. The molecule has 0 bridgehead atoms. The molecule has 0 aromatic carbocycles. The maximum atomic E-state index is 11.9. The lowest BCUT2D eigenvalue weighted by Gasteiger charge is -2.22. The van der Waals surface area contributed by atoms with Crippen LogP contribution in [0, 0.1) is 0 Å². The van der Waals surface area contributed by atoms with E-state index in [0.717, 1.165) is 31.4 Å². The number of hydrogen-bond donors (Lipinski definition) is 3. The number of aliphatic carboxylic acids is 1. The van der Waals surface area contributed by atoms with Crippen LogP contribution in [0.4, 0.5) is 4.79 Å². The molecule has 1 aliphatic rings. The number of nitrogens with one attached hydrogen (secondary N) is 2. The van der Waals surface area contributed by atoms with E-state index in [1.165, 1.54) is 19.3 Å². The lowest BCUT2D eigenvalue weighted by molar-refractivity contribution is -0.139. The predicted octanol–water partition coefficient (Wildman–Crippen LogP) is 2.60. The van der Waals surface area contributed by atoms with Crippen molar-refractivity contribution in [1.82, 2.24) is 10.6 Å². The first-order valence-electron chi connectivity index (χ1n) is 7.42. The van der Waals surface area contributed by atoms with Gasteiger partial charge in [0, 0.05) is 6.04 Å². The Kier molecular flexibility index (Phi) is 8.49. The summed E-state index contributed by atoms with van der Waals surface area (Å²) in [4.78, 5) is 23.0. The largest absolute Gasteiger partial charge is 0.480 e. The molecule has 0 radical (unpaired) electrons. The van der Waals surface area contributed by atoms with Gasteiger partial charge in [0.15, 0.2) is 0 Å². The molecule has 116 valence electrons. The standard InChI is InChI=1S/C14H26N2O3S/c1-20-10-9-12(13(17)18)16-14(19)15-11-7-5-3-2-4-6-8-11/h11-12H,2-10H2,1H3,(H,17,18)(H2,15,16,19)/t12-/m1/s1. The van der Waals surface area contributed by atoms with Crippen LogP contribution in [0.2, 0.25) is 0 Å². The Morgan fingerprint density at radius 1 is 1.20 bits per heavy atom. The lowest BCUT2D eigenvalue weighted by atomic mass is 9.97. The van der Waals surface area contributed by atoms with Gasteiger partial charge in [-0.1, -0.05) is 32.1 Å². The molecule has 5 nitrogen and oxygen atoms in total. The number of carboxylic acid groups (broad SMARTS) is 1. The highest BCUT2D eigenvalue weighted by Crippen LogP contribution is 2.17. The van der Waals surface area contributed by atoms with Crippen molar-refractivity contribution < 1.29 is 14.7 Å². The number of rotatable bonds is 6. The van der Waals surface area contributed by atoms with Crippen molar-refractivity contribution in [2.45, 2.75) is 63.5 Å². The molecule has 1 saturated carbocycles. The van der Waals surface area contributed by atoms with Gasteiger partial charge >= 0.3 is 12.0 Å². The molecule has 0 unspecified atom stereocenters. The van der Waals surface area contributed by atoms with Crippen LogP contribution in [0.25, 0.3) is 0 Å². The third kappa shape index (κ3) is 7.03. The molecule has 0 heterocycles. The molecular weight excluding hydrogens is 276 g/mol. The summed E-state index contributed by atoms with van der Waals surface area (Å²) >= 11 is 1.58. The van der Waals surface area contributed by atoms with Crippen molar-refractivity contribution in [2.24, 2.45) is 0 Å². The second-order valence-electron chi connectivity index (χ2n) is 5.33. The highest BCUT2D eigenvalue weighted by atomic mass is 32.2. The average Bonchev–Trinajstić information content (AvgIpc) is 2.37. The second kappa shape index (κ2) is 9.91. The quantitative estimate of drug-likeness (QED) is 0.704. The highest BCUT2D eigenvalue weighted by molar-refractivity contribution is 7.98. The van der Waals surface area contributed by atoms with E-state index in [9.17, 15) is 9.59 Å². The average molecular weight is 302 g/mol. The van der Waals surface area contributed by atoms with Crippen LogP contribution < -0.4 is 10.6 Å². The summed E-state index contributed by atoms with van der Waals surface area (Å²) in [6.07, 6.45) is 10.4. The van der Waals surface area contributed by atoms with Crippen molar-refractivity contribution in [3.8, 4) is 0 Å². The fraction of sp³-hybridized carbons (Fsp3) is 0.857. The number of carboxylic acids is 1. The Morgan fingerprint density at radius 3 is 2.35 bits per heavy atom. The predicted molar refractivity (Wildman–Crippen MR) is 82.2 cm³/mol. The zero-order valence-corrected chi connectivity index (χ0v) is 13.0. The van der Waals surface area contributed by atoms with E-state index in [4.69, 9.17) is 5.11 Å². The number of amides is 2. The molecule has 6 heteroatoms. The fourth-order valence-corrected chi connectivity index (χ4v) is 2.95. The molecule has 20 heavy (non-hydrogen) atoms. The summed E-state index contributed by atoms with van der Waals surface area (Å²) in [5, 5.41) is 14.6. The van der Waals surface area contributed by atoms with Gasteiger partial charge < -0.3 is 15.7 Å². The Balaban J connectivity index is 2.37. The lowest BCUT2D eigenvalue weighted by Crippen LogP contribution is -2.49. The number of hydrogen-bond acceptors (Lipinski definition) is 3. The van der Waals surface area contributed by atoms with E-state index in [1.54, 1.807) is 11.8 Å². The van der Waals surface area contributed by atoms with Gasteiger partial charge in [-0.15, -0.1) is 0 Å². The van der Waals surface area contributed by atoms with Crippen LogP contribution in [0.5, 0.6) is 0 Å². The molecule has 1 aliphatic carbocycles. The maximum absolute atomic E-state index is 11.9. The SMILES string of the molecule is CSCC[C@@H](NC(=O)NC1CCCCCCC1)C(=O)O. The Labute approximate surface area is 125 Å². The summed E-state index contributed by atoms with van der Waals surface area (Å²) in [5.41, 5.74) is 0. The van der Waals surface area contributed by atoms with Gasteiger partial charge in [-0.25, -0.2) is 9.59 Å². The van der Waals surface area contributed by atoms with Gasteiger partial charge in [-0.05, 0) is 31.3 Å². The fourth-order valence-electron chi connectivity index (χ4n) is 2.48. The van der Waals surface area contributed by atoms with Gasteiger partial charge in [0.05, 0.1) is 0 Å². The summed E-state index contributed by atoms with van der Waals surface area (Å²) in [6, 6.07) is -0.953. The van der Waals surface area contributed by atoms with Gasteiger partial charge in [0.25, 0.3) is 0 Å². The van der Waals surface area contributed by atoms with Crippen LogP contribution in [-0.2, 0) is 4.79 Å². The third-order valence-corrected chi connectivity index (χ3v) is 4.30. The Hall–Kier alpha value is -0.910. The van der Waals surface area contributed by atoms with Crippen LogP contribution >= 0.6 is 11.8 Å². The Morgan fingerprint density at radius 2 is 1.80 bits per heavy atom. The van der Waals surface area contributed by atoms with Crippen molar-refractivity contribution in [3.05, 3.63) is 0 Å². The van der Waals surface area contributed by atoms with E-state index in [2.05, 4.69) is 10.6 Å². The molecule has 0 aromatic heterocycles. The zero-order valence-electron chi connectivity index (χ0n) is 12.2. The minimum atomic E-state index is -0.966. The number of carbonyl (C=O) groups excluding carboxylic acids is 1. The molecule has 0 saturated heterocycles. The molecule has 0 aromatic rings. The van der Waals surface area contributed by atoms with Crippen LogP contribution in [-0.4, -0.2) is 41.2 Å². The first kappa shape index (κ1) is 17.1. The van der Waals surface area contributed by atoms with Gasteiger partial charge in [-0.3, -0.25) is 0 Å². The molecular formula is C14H26N2O3S. The number of thioether (sulfide) groups is 1. The van der Waals surface area contributed by atoms with Crippen molar-refractivity contribution in [3.63, 3.8) is 0 Å². The molecule has 2 amide bonds. The molecule has 1 fully saturated rings. The Bertz CT molecular complexity index is 305. The molecule has 0 spiro atoms. The topological polar surface area (TPSA) is 78.4 Å². The zero-order chi connectivity index (χ0) is 14.8. The van der Waals surface area contributed by atoms with Gasteiger partial charge in [0.2, 0.25) is 0 Å². The van der Waals surface area contributed by atoms with Crippen LogP contribution in [0.3, 0.4) is 0 Å². The maximum Gasteiger partial charge on any atom is 0.326 e. The smallest absolute Gasteiger partial charge is 0.326 e. The van der Waals surface area contributed by atoms with Crippen molar-refractivity contribution >= 4 is 23.8 Å². The van der Waals surface area contributed by atoms with Crippen molar-refractivity contribution in [2.75, 3.05) is 12.0 Å².